The first-order chi connectivity index (χ1) is 9.32. The highest BCUT2D eigenvalue weighted by atomic mass is 16.2. The van der Waals surface area contributed by atoms with Crippen LogP contribution in [0, 0.1) is 11.8 Å². The van der Waals surface area contributed by atoms with Crippen molar-refractivity contribution < 1.29 is 9.59 Å². The third kappa shape index (κ3) is 4.80. The summed E-state index contributed by atoms with van der Waals surface area (Å²) in [6.07, 6.45) is 4.00. The minimum atomic E-state index is -0.330. The highest BCUT2D eigenvalue weighted by molar-refractivity contribution is 5.96. The van der Waals surface area contributed by atoms with E-state index in [-0.39, 0.29) is 23.9 Å². The van der Waals surface area contributed by atoms with Crippen LogP contribution in [0.1, 0.15) is 60.3 Å². The average molecular weight is 282 g/mol. The lowest BCUT2D eigenvalue weighted by molar-refractivity contribution is -0.149. The van der Waals surface area contributed by atoms with E-state index in [9.17, 15) is 9.59 Å². The van der Waals surface area contributed by atoms with Crippen molar-refractivity contribution in [3.8, 4) is 0 Å². The first-order valence-corrected chi connectivity index (χ1v) is 7.93. The summed E-state index contributed by atoms with van der Waals surface area (Å²) >= 11 is 0. The fourth-order valence-electron chi connectivity index (χ4n) is 2.66. The number of piperazine rings is 1. The van der Waals surface area contributed by atoms with E-state index in [2.05, 4.69) is 33.0 Å². The van der Waals surface area contributed by atoms with Crippen molar-refractivity contribution in [2.24, 2.45) is 11.8 Å². The van der Waals surface area contributed by atoms with E-state index >= 15 is 0 Å². The SMILES string of the molecule is CC(C)CCCCN1C(=O)C(CC(C)C)NC(=O)C1C. The van der Waals surface area contributed by atoms with Gasteiger partial charge in [-0.25, -0.2) is 0 Å². The predicted molar refractivity (Wildman–Crippen MR) is 81.2 cm³/mol. The Kier molecular flexibility index (Phi) is 6.50. The van der Waals surface area contributed by atoms with E-state index in [1.807, 2.05) is 6.92 Å². The van der Waals surface area contributed by atoms with Crippen molar-refractivity contribution >= 4 is 11.8 Å². The molecule has 0 radical (unpaired) electrons. The molecule has 1 N–H and O–H groups in total. The fourth-order valence-corrected chi connectivity index (χ4v) is 2.66. The van der Waals surface area contributed by atoms with Gasteiger partial charge in [0, 0.05) is 6.54 Å². The molecule has 0 aromatic rings. The Morgan fingerprint density at radius 3 is 2.30 bits per heavy atom. The Morgan fingerprint density at radius 1 is 1.10 bits per heavy atom. The molecule has 0 bridgehead atoms. The summed E-state index contributed by atoms with van der Waals surface area (Å²) in [5.74, 6) is 1.18. The molecule has 1 saturated heterocycles. The lowest BCUT2D eigenvalue weighted by atomic mass is 9.98. The summed E-state index contributed by atoms with van der Waals surface area (Å²) in [5, 5.41) is 2.86. The van der Waals surface area contributed by atoms with Crippen molar-refractivity contribution in [1.29, 1.82) is 0 Å². The second-order valence-electron chi connectivity index (χ2n) is 6.79. The van der Waals surface area contributed by atoms with Crippen LogP contribution < -0.4 is 5.32 Å². The van der Waals surface area contributed by atoms with Gasteiger partial charge in [-0.05, 0) is 31.6 Å². The van der Waals surface area contributed by atoms with Gasteiger partial charge in [-0.1, -0.05) is 40.5 Å². The molecule has 20 heavy (non-hydrogen) atoms. The van der Waals surface area contributed by atoms with Gasteiger partial charge < -0.3 is 10.2 Å². The molecule has 0 aromatic heterocycles. The highest BCUT2D eigenvalue weighted by Gasteiger charge is 2.37. The molecule has 2 amide bonds. The molecule has 1 fully saturated rings. The van der Waals surface area contributed by atoms with E-state index in [4.69, 9.17) is 0 Å². The van der Waals surface area contributed by atoms with Crippen LogP contribution in [0.15, 0.2) is 0 Å². The van der Waals surface area contributed by atoms with Crippen molar-refractivity contribution in [2.45, 2.75) is 72.4 Å². The van der Waals surface area contributed by atoms with Crippen LogP contribution in [0.2, 0.25) is 0 Å². The zero-order chi connectivity index (χ0) is 15.3. The number of carbonyl (C=O) groups is 2. The normalized spacial score (nSPS) is 23.6. The van der Waals surface area contributed by atoms with Gasteiger partial charge in [0.2, 0.25) is 11.8 Å². The molecular formula is C16H30N2O2. The van der Waals surface area contributed by atoms with Crippen LogP contribution in [-0.4, -0.2) is 35.3 Å². The van der Waals surface area contributed by atoms with Crippen molar-refractivity contribution in [2.75, 3.05) is 6.54 Å². The maximum atomic E-state index is 12.5. The van der Waals surface area contributed by atoms with Crippen LogP contribution in [0.25, 0.3) is 0 Å². The van der Waals surface area contributed by atoms with Gasteiger partial charge in [0.05, 0.1) is 0 Å². The van der Waals surface area contributed by atoms with Crippen molar-refractivity contribution in [3.63, 3.8) is 0 Å². The average Bonchev–Trinajstić information content (AvgIpc) is 2.34. The maximum Gasteiger partial charge on any atom is 0.245 e. The van der Waals surface area contributed by atoms with Crippen molar-refractivity contribution in [3.05, 3.63) is 0 Å². The van der Waals surface area contributed by atoms with Gasteiger partial charge in [0.25, 0.3) is 0 Å². The molecule has 4 nitrogen and oxygen atoms in total. The Labute approximate surface area is 123 Å². The number of hydrogen-bond acceptors (Lipinski definition) is 2. The number of carbonyl (C=O) groups excluding carboxylic acids is 2. The zero-order valence-corrected chi connectivity index (χ0v) is 13.6. The molecule has 1 aliphatic rings. The Hall–Kier alpha value is -1.06. The third-order valence-electron chi connectivity index (χ3n) is 3.88. The molecule has 2 atom stereocenters. The molecule has 1 aliphatic heterocycles. The lowest BCUT2D eigenvalue weighted by Crippen LogP contribution is -2.62. The quantitative estimate of drug-likeness (QED) is 0.730. The number of nitrogens with one attached hydrogen (secondary N) is 1. The number of nitrogens with zero attached hydrogens (tertiary/aromatic N) is 1. The highest BCUT2D eigenvalue weighted by Crippen LogP contribution is 2.17. The van der Waals surface area contributed by atoms with Crippen LogP contribution >= 0.6 is 0 Å². The van der Waals surface area contributed by atoms with Gasteiger partial charge in [0.15, 0.2) is 0 Å². The molecule has 0 aliphatic carbocycles. The molecule has 1 heterocycles. The summed E-state index contributed by atoms with van der Waals surface area (Å²) in [6.45, 7) is 11.1. The van der Waals surface area contributed by atoms with Gasteiger partial charge in [-0.2, -0.15) is 0 Å². The van der Waals surface area contributed by atoms with Gasteiger partial charge in [-0.3, -0.25) is 9.59 Å². The molecule has 1 rings (SSSR count). The molecule has 0 spiro atoms. The fraction of sp³-hybridized carbons (Fsp3) is 0.875. The predicted octanol–water partition coefficient (Wildman–Crippen LogP) is 2.57. The lowest BCUT2D eigenvalue weighted by Gasteiger charge is -2.38. The summed E-state index contributed by atoms with van der Waals surface area (Å²) in [6, 6.07) is -0.659. The van der Waals surface area contributed by atoms with E-state index in [0.717, 1.165) is 19.3 Å². The topological polar surface area (TPSA) is 49.4 Å². The summed E-state index contributed by atoms with van der Waals surface area (Å²) in [7, 11) is 0. The monoisotopic (exact) mass is 282 g/mol. The summed E-state index contributed by atoms with van der Waals surface area (Å²) in [5.41, 5.74) is 0. The first-order valence-electron chi connectivity index (χ1n) is 7.93. The Balaban J connectivity index is 2.56. The molecule has 116 valence electrons. The van der Waals surface area contributed by atoms with E-state index in [1.165, 1.54) is 6.42 Å². The number of hydrogen-bond donors (Lipinski definition) is 1. The third-order valence-corrected chi connectivity index (χ3v) is 3.88. The van der Waals surface area contributed by atoms with Crippen molar-refractivity contribution in [1.82, 2.24) is 10.2 Å². The smallest absolute Gasteiger partial charge is 0.245 e. The van der Waals surface area contributed by atoms with Crippen LogP contribution in [0.5, 0.6) is 0 Å². The van der Waals surface area contributed by atoms with Crippen LogP contribution in [-0.2, 0) is 9.59 Å². The minimum Gasteiger partial charge on any atom is -0.343 e. The van der Waals surface area contributed by atoms with E-state index in [0.29, 0.717) is 18.4 Å². The van der Waals surface area contributed by atoms with E-state index < -0.39 is 0 Å². The summed E-state index contributed by atoms with van der Waals surface area (Å²) < 4.78 is 0. The summed E-state index contributed by atoms with van der Waals surface area (Å²) in [4.78, 5) is 26.2. The number of unbranched alkanes of at least 4 members (excludes halogenated alkanes) is 1. The van der Waals surface area contributed by atoms with E-state index in [1.54, 1.807) is 4.90 Å². The number of amides is 2. The van der Waals surface area contributed by atoms with Gasteiger partial charge in [0.1, 0.15) is 12.1 Å². The Bertz CT molecular complexity index is 339. The second kappa shape index (κ2) is 7.65. The Morgan fingerprint density at radius 2 is 1.75 bits per heavy atom. The molecule has 0 saturated carbocycles. The van der Waals surface area contributed by atoms with Gasteiger partial charge in [-0.15, -0.1) is 0 Å². The molecule has 2 unspecified atom stereocenters. The van der Waals surface area contributed by atoms with Gasteiger partial charge >= 0.3 is 0 Å². The maximum absolute atomic E-state index is 12.5. The van der Waals surface area contributed by atoms with Crippen LogP contribution in [0.4, 0.5) is 0 Å². The largest absolute Gasteiger partial charge is 0.343 e. The number of rotatable bonds is 7. The second-order valence-corrected chi connectivity index (χ2v) is 6.79. The minimum absolute atomic E-state index is 0.0147. The molecule has 0 aromatic carbocycles. The first kappa shape index (κ1) is 17.0. The molecule has 4 heteroatoms. The standard InChI is InChI=1S/C16H30N2O2/c1-11(2)8-6-7-9-18-13(5)15(19)17-14(16(18)20)10-12(3)4/h11-14H,6-10H2,1-5H3,(H,17,19). The molecular weight excluding hydrogens is 252 g/mol. The zero-order valence-electron chi connectivity index (χ0n) is 13.6. The van der Waals surface area contributed by atoms with Crippen LogP contribution in [0.3, 0.4) is 0 Å².